The van der Waals surface area contributed by atoms with Crippen molar-refractivity contribution in [3.8, 4) is 11.5 Å². The molecule has 0 aromatic heterocycles. The number of amidine groups is 1. The van der Waals surface area contributed by atoms with Gasteiger partial charge < -0.3 is 14.6 Å². The molecule has 0 aliphatic carbocycles. The number of carbonyl (C=O) groups excluding carboxylic acids is 1. The third-order valence-corrected chi connectivity index (χ3v) is 6.98. The van der Waals surface area contributed by atoms with Crippen LogP contribution in [0.1, 0.15) is 28.4 Å². The van der Waals surface area contributed by atoms with E-state index < -0.39 is 5.97 Å². The molecule has 0 radical (unpaired) electrons. The van der Waals surface area contributed by atoms with E-state index in [1.54, 1.807) is 25.3 Å². The number of aliphatic imine (C=N–C) groups is 1. The zero-order chi connectivity index (χ0) is 25.7. The summed E-state index contributed by atoms with van der Waals surface area (Å²) in [7, 11) is 1.65. The van der Waals surface area contributed by atoms with E-state index in [1.807, 2.05) is 49.4 Å². The molecule has 1 aliphatic heterocycles. The number of ether oxygens (including phenoxy) is 2. The van der Waals surface area contributed by atoms with Crippen LogP contribution in [0.3, 0.4) is 0 Å². The van der Waals surface area contributed by atoms with Gasteiger partial charge in [-0.05, 0) is 72.3 Å². The summed E-state index contributed by atoms with van der Waals surface area (Å²) in [4.78, 5) is 30.5. The van der Waals surface area contributed by atoms with Gasteiger partial charge in [-0.25, -0.2) is 9.79 Å². The second kappa shape index (κ2) is 11.5. The van der Waals surface area contributed by atoms with Gasteiger partial charge in [-0.2, -0.15) is 0 Å². The predicted molar refractivity (Wildman–Crippen MR) is 145 cm³/mol. The molecule has 9 heteroatoms. The molecule has 0 unspecified atom stereocenters. The van der Waals surface area contributed by atoms with Gasteiger partial charge in [0.25, 0.3) is 5.91 Å². The molecule has 1 N–H and O–H groups in total. The summed E-state index contributed by atoms with van der Waals surface area (Å²) in [6, 6.07) is 19.7. The number of benzene rings is 3. The maximum atomic E-state index is 12.9. The fourth-order valence-electron chi connectivity index (χ4n) is 3.36. The number of halogens is 1. The molecule has 36 heavy (non-hydrogen) atoms. The molecule has 0 atom stereocenters. The SMILES string of the molecule is CCOc1cc(C=C2SC(=Nc3ccc(C(=O)O)cc3)N(C)C2=O)c(Br)cc1OCc1ccccc1. The van der Waals surface area contributed by atoms with Crippen molar-refractivity contribution in [2.45, 2.75) is 13.5 Å². The second-order valence-corrected chi connectivity index (χ2v) is 9.61. The minimum absolute atomic E-state index is 0.175. The number of carboxylic acid groups (broad SMARTS) is 1. The molecular formula is C27H23BrN2O5S. The number of amides is 1. The third kappa shape index (κ3) is 5.98. The van der Waals surface area contributed by atoms with Crippen LogP contribution < -0.4 is 9.47 Å². The zero-order valence-corrected chi connectivity index (χ0v) is 22.0. The van der Waals surface area contributed by atoms with Gasteiger partial charge in [0.2, 0.25) is 0 Å². The summed E-state index contributed by atoms with van der Waals surface area (Å²) >= 11 is 4.84. The molecule has 0 bridgehead atoms. The van der Waals surface area contributed by atoms with E-state index in [4.69, 9.17) is 14.6 Å². The van der Waals surface area contributed by atoms with E-state index in [9.17, 15) is 9.59 Å². The number of hydrogen-bond donors (Lipinski definition) is 1. The highest BCUT2D eigenvalue weighted by atomic mass is 79.9. The van der Waals surface area contributed by atoms with Crippen molar-refractivity contribution >= 4 is 56.5 Å². The van der Waals surface area contributed by atoms with Gasteiger partial charge in [-0.15, -0.1) is 0 Å². The first-order chi connectivity index (χ1) is 17.4. The molecule has 1 amide bonds. The van der Waals surface area contributed by atoms with Crippen LogP contribution in [0.4, 0.5) is 5.69 Å². The van der Waals surface area contributed by atoms with Gasteiger partial charge in [-0.1, -0.05) is 46.3 Å². The summed E-state index contributed by atoms with van der Waals surface area (Å²) < 4.78 is 12.6. The van der Waals surface area contributed by atoms with Crippen LogP contribution in [0.15, 0.2) is 81.1 Å². The Labute approximate surface area is 221 Å². The first kappa shape index (κ1) is 25.5. The number of carbonyl (C=O) groups is 2. The van der Waals surface area contributed by atoms with Crippen LogP contribution in [-0.4, -0.2) is 40.7 Å². The van der Waals surface area contributed by atoms with E-state index in [1.165, 1.54) is 28.8 Å². The van der Waals surface area contributed by atoms with Crippen molar-refractivity contribution in [1.82, 2.24) is 4.90 Å². The fourth-order valence-corrected chi connectivity index (χ4v) is 4.77. The molecule has 3 aromatic carbocycles. The van der Waals surface area contributed by atoms with Crippen LogP contribution in [0.5, 0.6) is 11.5 Å². The Morgan fingerprint density at radius 1 is 1.08 bits per heavy atom. The summed E-state index contributed by atoms with van der Waals surface area (Å²) in [5.41, 5.74) is 2.54. The Bertz CT molecular complexity index is 1340. The minimum Gasteiger partial charge on any atom is -0.490 e. The molecule has 1 aliphatic rings. The molecule has 0 saturated carbocycles. The standard InChI is InChI=1S/C27H23BrN2O5S/c1-3-34-22-13-19(21(28)15-23(22)35-16-17-7-5-4-6-8-17)14-24-25(31)30(2)27(36-24)29-20-11-9-18(10-12-20)26(32)33/h4-15H,3,16H2,1-2H3,(H,32,33). The first-order valence-corrected chi connectivity index (χ1v) is 12.7. The van der Waals surface area contributed by atoms with Crippen molar-refractivity contribution in [3.05, 3.63) is 92.8 Å². The Hall–Kier alpha value is -3.56. The Morgan fingerprint density at radius 2 is 1.78 bits per heavy atom. The van der Waals surface area contributed by atoms with Gasteiger partial charge in [0.05, 0.1) is 22.8 Å². The Balaban J connectivity index is 1.58. The normalized spacial score (nSPS) is 15.5. The first-order valence-electron chi connectivity index (χ1n) is 11.1. The molecular weight excluding hydrogens is 544 g/mol. The molecule has 1 fully saturated rings. The van der Waals surface area contributed by atoms with Crippen molar-refractivity contribution in [3.63, 3.8) is 0 Å². The van der Waals surface area contributed by atoms with Crippen LogP contribution in [0, 0.1) is 0 Å². The Morgan fingerprint density at radius 3 is 2.44 bits per heavy atom. The van der Waals surface area contributed by atoms with Crippen LogP contribution >= 0.6 is 27.7 Å². The molecule has 3 aromatic rings. The lowest BCUT2D eigenvalue weighted by Crippen LogP contribution is -2.23. The molecule has 7 nitrogen and oxygen atoms in total. The maximum Gasteiger partial charge on any atom is 0.335 e. The number of carboxylic acids is 1. The van der Waals surface area contributed by atoms with Gasteiger partial charge in [0, 0.05) is 11.5 Å². The summed E-state index contributed by atoms with van der Waals surface area (Å²) in [5, 5.41) is 9.56. The minimum atomic E-state index is -1.00. The van der Waals surface area contributed by atoms with E-state index in [-0.39, 0.29) is 11.5 Å². The average molecular weight is 567 g/mol. The lowest BCUT2D eigenvalue weighted by atomic mass is 10.1. The summed E-state index contributed by atoms with van der Waals surface area (Å²) in [6.45, 7) is 2.77. The number of hydrogen-bond acceptors (Lipinski definition) is 6. The highest BCUT2D eigenvalue weighted by molar-refractivity contribution is 9.10. The van der Waals surface area contributed by atoms with Crippen LogP contribution in [0.2, 0.25) is 0 Å². The zero-order valence-electron chi connectivity index (χ0n) is 19.6. The lowest BCUT2D eigenvalue weighted by Gasteiger charge is -2.14. The van der Waals surface area contributed by atoms with Crippen LogP contribution in [-0.2, 0) is 11.4 Å². The number of rotatable bonds is 8. The fraction of sp³-hybridized carbons (Fsp3) is 0.148. The van der Waals surface area contributed by atoms with E-state index in [2.05, 4.69) is 20.9 Å². The molecule has 4 rings (SSSR count). The third-order valence-electron chi connectivity index (χ3n) is 5.23. The largest absolute Gasteiger partial charge is 0.490 e. The molecule has 184 valence electrons. The highest BCUT2D eigenvalue weighted by Crippen LogP contribution is 2.38. The topological polar surface area (TPSA) is 88.4 Å². The Kier molecular flexibility index (Phi) is 8.12. The number of nitrogens with zero attached hydrogens (tertiary/aromatic N) is 2. The van der Waals surface area contributed by atoms with Gasteiger partial charge in [0.15, 0.2) is 16.7 Å². The van der Waals surface area contributed by atoms with Crippen molar-refractivity contribution < 1.29 is 24.2 Å². The lowest BCUT2D eigenvalue weighted by molar-refractivity contribution is -0.121. The second-order valence-electron chi connectivity index (χ2n) is 7.75. The molecule has 1 heterocycles. The predicted octanol–water partition coefficient (Wildman–Crippen LogP) is 6.36. The molecule has 0 spiro atoms. The van der Waals surface area contributed by atoms with E-state index in [0.29, 0.717) is 40.5 Å². The monoisotopic (exact) mass is 566 g/mol. The smallest absolute Gasteiger partial charge is 0.335 e. The average Bonchev–Trinajstić information content (AvgIpc) is 3.13. The summed E-state index contributed by atoms with van der Waals surface area (Å²) in [5.74, 6) is -0.00499. The van der Waals surface area contributed by atoms with Gasteiger partial charge in [0.1, 0.15) is 6.61 Å². The van der Waals surface area contributed by atoms with Crippen molar-refractivity contribution in [1.29, 1.82) is 0 Å². The number of likely N-dealkylation sites (N-methyl/N-ethyl adjacent to an activating group) is 1. The van der Waals surface area contributed by atoms with Gasteiger partial charge >= 0.3 is 5.97 Å². The van der Waals surface area contributed by atoms with Crippen molar-refractivity contribution in [2.75, 3.05) is 13.7 Å². The number of aromatic carboxylic acids is 1. The quantitative estimate of drug-likeness (QED) is 0.319. The van der Waals surface area contributed by atoms with Crippen molar-refractivity contribution in [2.24, 2.45) is 4.99 Å². The maximum absolute atomic E-state index is 12.9. The van der Waals surface area contributed by atoms with E-state index >= 15 is 0 Å². The molecule has 1 saturated heterocycles. The van der Waals surface area contributed by atoms with E-state index in [0.717, 1.165) is 15.6 Å². The van der Waals surface area contributed by atoms with Gasteiger partial charge in [-0.3, -0.25) is 9.69 Å². The van der Waals surface area contributed by atoms with Crippen LogP contribution in [0.25, 0.3) is 6.08 Å². The highest BCUT2D eigenvalue weighted by Gasteiger charge is 2.30. The number of thioether (sulfide) groups is 1. The summed E-state index contributed by atoms with van der Waals surface area (Å²) in [6.07, 6.45) is 1.78.